The van der Waals surface area contributed by atoms with Crippen LogP contribution in [-0.2, 0) is 29.9 Å². The van der Waals surface area contributed by atoms with Gasteiger partial charge in [-0.2, -0.15) is 5.10 Å². The molecule has 2 rings (SSSR count). The number of methoxy groups -OCH3 is 1. The molecule has 0 spiro atoms. The number of carbonyl (C=O) groups is 1. The van der Waals surface area contributed by atoms with Crippen LogP contribution in [0, 0.1) is 0 Å². The topological polar surface area (TPSA) is 111 Å². The van der Waals surface area contributed by atoms with Crippen molar-refractivity contribution in [2.45, 2.75) is 31.6 Å². The number of benzene rings is 1. The number of carboxylic acids is 1. The SMILES string of the molecule is CCc1nn(C)c(CC)c1S(=O)(=O)Nc1cc(C(=O)O)ccc1OC. The maximum Gasteiger partial charge on any atom is 0.335 e. The summed E-state index contributed by atoms with van der Waals surface area (Å²) < 4.78 is 35.0. The second-order valence-electron chi connectivity index (χ2n) is 5.38. The van der Waals surface area contributed by atoms with E-state index in [1.165, 1.54) is 25.3 Å². The first-order chi connectivity index (χ1) is 11.7. The van der Waals surface area contributed by atoms with Crippen LogP contribution in [0.4, 0.5) is 5.69 Å². The summed E-state index contributed by atoms with van der Waals surface area (Å²) in [5, 5.41) is 13.4. The summed E-state index contributed by atoms with van der Waals surface area (Å²) in [5.74, 6) is -0.929. The van der Waals surface area contributed by atoms with Crippen LogP contribution in [0.2, 0.25) is 0 Å². The molecule has 1 aromatic carbocycles. The van der Waals surface area contributed by atoms with Crippen molar-refractivity contribution in [2.75, 3.05) is 11.8 Å². The Balaban J connectivity index is 2.57. The van der Waals surface area contributed by atoms with E-state index < -0.39 is 16.0 Å². The number of nitrogens with one attached hydrogen (secondary N) is 1. The first-order valence-corrected chi connectivity index (χ1v) is 9.22. The molecule has 0 fully saturated rings. The molecule has 0 aliphatic rings. The largest absolute Gasteiger partial charge is 0.495 e. The van der Waals surface area contributed by atoms with E-state index in [1.54, 1.807) is 11.7 Å². The second kappa shape index (κ2) is 7.14. The Morgan fingerprint density at radius 2 is 2.00 bits per heavy atom. The van der Waals surface area contributed by atoms with Gasteiger partial charge in [0.15, 0.2) is 0 Å². The maximum atomic E-state index is 13.0. The molecule has 0 amide bonds. The summed E-state index contributed by atoms with van der Waals surface area (Å²) in [4.78, 5) is 11.3. The number of hydrogen-bond donors (Lipinski definition) is 2. The van der Waals surface area contributed by atoms with Crippen LogP contribution in [0.15, 0.2) is 23.1 Å². The van der Waals surface area contributed by atoms with E-state index in [9.17, 15) is 13.2 Å². The zero-order valence-electron chi connectivity index (χ0n) is 14.5. The fourth-order valence-corrected chi connectivity index (χ4v) is 4.28. The Morgan fingerprint density at radius 1 is 1.32 bits per heavy atom. The predicted molar refractivity (Wildman–Crippen MR) is 92.7 cm³/mol. The van der Waals surface area contributed by atoms with Crippen molar-refractivity contribution in [3.05, 3.63) is 35.2 Å². The average molecular weight is 367 g/mol. The third kappa shape index (κ3) is 3.60. The lowest BCUT2D eigenvalue weighted by Crippen LogP contribution is -2.17. The van der Waals surface area contributed by atoms with Gasteiger partial charge >= 0.3 is 5.97 Å². The van der Waals surface area contributed by atoms with Gasteiger partial charge in [0, 0.05) is 7.05 Å². The Morgan fingerprint density at radius 3 is 2.52 bits per heavy atom. The first kappa shape index (κ1) is 18.8. The van der Waals surface area contributed by atoms with Crippen LogP contribution in [0.3, 0.4) is 0 Å². The Kier molecular flexibility index (Phi) is 5.36. The van der Waals surface area contributed by atoms with Gasteiger partial charge < -0.3 is 9.84 Å². The monoisotopic (exact) mass is 367 g/mol. The van der Waals surface area contributed by atoms with Gasteiger partial charge in [-0.15, -0.1) is 0 Å². The average Bonchev–Trinajstić information content (AvgIpc) is 2.90. The number of rotatable bonds is 7. The fraction of sp³-hybridized carbons (Fsp3) is 0.375. The highest BCUT2D eigenvalue weighted by atomic mass is 32.2. The Bertz CT molecular complexity index is 903. The molecule has 25 heavy (non-hydrogen) atoms. The molecule has 0 unspecified atom stereocenters. The van der Waals surface area contributed by atoms with Crippen molar-refractivity contribution in [1.82, 2.24) is 9.78 Å². The highest BCUT2D eigenvalue weighted by Crippen LogP contribution is 2.30. The number of nitrogens with zero attached hydrogens (tertiary/aromatic N) is 2. The summed E-state index contributed by atoms with van der Waals surface area (Å²) in [6.07, 6.45) is 0.947. The van der Waals surface area contributed by atoms with E-state index in [1.807, 2.05) is 13.8 Å². The highest BCUT2D eigenvalue weighted by molar-refractivity contribution is 7.92. The molecule has 0 atom stereocenters. The molecule has 2 aromatic rings. The van der Waals surface area contributed by atoms with Crippen LogP contribution < -0.4 is 9.46 Å². The van der Waals surface area contributed by atoms with Gasteiger partial charge in [-0.1, -0.05) is 13.8 Å². The number of anilines is 1. The minimum atomic E-state index is -3.96. The van der Waals surface area contributed by atoms with Gasteiger partial charge in [0.1, 0.15) is 10.6 Å². The minimum Gasteiger partial charge on any atom is -0.495 e. The van der Waals surface area contributed by atoms with Crippen molar-refractivity contribution in [3.63, 3.8) is 0 Å². The molecule has 0 aliphatic heterocycles. The Labute approximate surface area is 146 Å². The summed E-state index contributed by atoms with van der Waals surface area (Å²) >= 11 is 0. The third-order valence-corrected chi connectivity index (χ3v) is 5.31. The summed E-state index contributed by atoms with van der Waals surface area (Å²) in [7, 11) is -0.881. The van der Waals surface area contributed by atoms with Crippen LogP contribution in [0.1, 0.15) is 35.6 Å². The van der Waals surface area contributed by atoms with Crippen molar-refractivity contribution in [2.24, 2.45) is 7.05 Å². The number of carboxylic acid groups (broad SMARTS) is 1. The molecule has 1 heterocycles. The molecule has 0 saturated heterocycles. The molecule has 0 radical (unpaired) electrons. The number of aryl methyl sites for hydroxylation is 2. The predicted octanol–water partition coefficient (Wildman–Crippen LogP) is 2.05. The number of sulfonamides is 1. The fourth-order valence-electron chi connectivity index (χ4n) is 2.65. The third-order valence-electron chi connectivity index (χ3n) is 3.81. The van der Waals surface area contributed by atoms with E-state index >= 15 is 0 Å². The molecule has 2 N–H and O–H groups in total. The number of aromatic carboxylic acids is 1. The van der Waals surface area contributed by atoms with E-state index in [-0.39, 0.29) is 21.9 Å². The number of aromatic nitrogens is 2. The molecule has 0 aliphatic carbocycles. The van der Waals surface area contributed by atoms with E-state index in [2.05, 4.69) is 9.82 Å². The van der Waals surface area contributed by atoms with Gasteiger partial charge in [0.25, 0.3) is 10.0 Å². The lowest BCUT2D eigenvalue weighted by atomic mass is 10.2. The van der Waals surface area contributed by atoms with E-state index in [4.69, 9.17) is 9.84 Å². The number of ether oxygens (including phenoxy) is 1. The molecule has 8 nitrogen and oxygen atoms in total. The summed E-state index contributed by atoms with van der Waals surface area (Å²) in [5.41, 5.74) is 1.06. The first-order valence-electron chi connectivity index (χ1n) is 7.74. The molecule has 136 valence electrons. The lowest BCUT2D eigenvalue weighted by molar-refractivity contribution is 0.0697. The van der Waals surface area contributed by atoms with Crippen molar-refractivity contribution in [1.29, 1.82) is 0 Å². The molecule has 9 heteroatoms. The number of hydrogen-bond acceptors (Lipinski definition) is 5. The van der Waals surface area contributed by atoms with Gasteiger partial charge in [-0.25, -0.2) is 13.2 Å². The molecule has 0 bridgehead atoms. The van der Waals surface area contributed by atoms with Crippen LogP contribution in [0.25, 0.3) is 0 Å². The minimum absolute atomic E-state index is 0.0453. The second-order valence-corrected chi connectivity index (χ2v) is 7.00. The summed E-state index contributed by atoms with van der Waals surface area (Å²) in [6, 6.07) is 3.98. The van der Waals surface area contributed by atoms with Crippen LogP contribution in [0.5, 0.6) is 5.75 Å². The zero-order valence-corrected chi connectivity index (χ0v) is 15.3. The molecule has 1 aromatic heterocycles. The van der Waals surface area contributed by atoms with Crippen molar-refractivity contribution in [3.8, 4) is 5.75 Å². The highest BCUT2D eigenvalue weighted by Gasteiger charge is 2.27. The maximum absolute atomic E-state index is 13.0. The van der Waals surface area contributed by atoms with Crippen molar-refractivity contribution >= 4 is 21.7 Å². The van der Waals surface area contributed by atoms with Crippen molar-refractivity contribution < 1.29 is 23.1 Å². The Hall–Kier alpha value is -2.55. The van der Waals surface area contributed by atoms with Gasteiger partial charge in [0.05, 0.1) is 29.7 Å². The van der Waals surface area contributed by atoms with Crippen LogP contribution >= 0.6 is 0 Å². The van der Waals surface area contributed by atoms with Gasteiger partial charge in [0.2, 0.25) is 0 Å². The van der Waals surface area contributed by atoms with Gasteiger partial charge in [-0.05, 0) is 31.0 Å². The molecular formula is C16H21N3O5S. The van der Waals surface area contributed by atoms with Crippen LogP contribution in [-0.4, -0.2) is 36.4 Å². The van der Waals surface area contributed by atoms with Gasteiger partial charge in [-0.3, -0.25) is 9.40 Å². The molecular weight excluding hydrogens is 346 g/mol. The zero-order chi connectivity index (χ0) is 18.8. The standard InChI is InChI=1S/C16H21N3O5S/c1-5-11-15(13(6-2)19(3)17-11)25(22,23)18-12-9-10(16(20)21)7-8-14(12)24-4/h7-9,18H,5-6H2,1-4H3,(H,20,21). The lowest BCUT2D eigenvalue weighted by Gasteiger charge is -2.13. The van der Waals surface area contributed by atoms with E-state index in [0.29, 0.717) is 24.2 Å². The van der Waals surface area contributed by atoms with E-state index in [0.717, 1.165) is 0 Å². The quantitative estimate of drug-likeness (QED) is 0.775. The normalized spacial score (nSPS) is 11.4. The smallest absolute Gasteiger partial charge is 0.335 e. The molecule has 0 saturated carbocycles. The summed E-state index contributed by atoms with van der Waals surface area (Å²) in [6.45, 7) is 3.67.